The number of β-amino-alcohol motifs (C(OH)–C–C–N with tert-alkyl or cyclic N) is 1. The molecule has 1 aliphatic carbocycles. The van der Waals surface area contributed by atoms with Gasteiger partial charge in [0, 0.05) is 32.7 Å². The lowest BCUT2D eigenvalue weighted by Crippen LogP contribution is -2.49. The molecule has 0 saturated carbocycles. The number of hydrogen-bond acceptors (Lipinski definition) is 5. The van der Waals surface area contributed by atoms with E-state index in [0.29, 0.717) is 19.8 Å². The third kappa shape index (κ3) is 5.15. The van der Waals surface area contributed by atoms with E-state index >= 15 is 0 Å². The van der Waals surface area contributed by atoms with Gasteiger partial charge in [0.2, 0.25) is 0 Å². The fourth-order valence-corrected chi connectivity index (χ4v) is 4.63. The van der Waals surface area contributed by atoms with Gasteiger partial charge in [-0.05, 0) is 49.4 Å². The molecule has 0 amide bonds. The van der Waals surface area contributed by atoms with Crippen LogP contribution in [0.15, 0.2) is 48.5 Å². The van der Waals surface area contributed by atoms with Crippen LogP contribution in [0.2, 0.25) is 0 Å². The van der Waals surface area contributed by atoms with Gasteiger partial charge in [0.05, 0.1) is 31.1 Å². The summed E-state index contributed by atoms with van der Waals surface area (Å²) in [6, 6.07) is 16.8. The van der Waals surface area contributed by atoms with Crippen LogP contribution in [-0.4, -0.2) is 62.0 Å². The quantitative estimate of drug-likeness (QED) is 0.720. The summed E-state index contributed by atoms with van der Waals surface area (Å²) in [7, 11) is 0. The Morgan fingerprint density at radius 1 is 1.03 bits per heavy atom. The van der Waals surface area contributed by atoms with Crippen molar-refractivity contribution in [3.8, 4) is 5.75 Å². The van der Waals surface area contributed by atoms with Gasteiger partial charge in [-0.25, -0.2) is 0 Å². The number of para-hydroxylation sites is 2. The van der Waals surface area contributed by atoms with Gasteiger partial charge in [0.15, 0.2) is 0 Å². The molecule has 5 heteroatoms. The predicted molar refractivity (Wildman–Crippen MR) is 120 cm³/mol. The Kier molecular flexibility index (Phi) is 7.26. The minimum atomic E-state index is -0.457. The molecule has 4 rings (SSSR count). The van der Waals surface area contributed by atoms with Crippen LogP contribution in [0.5, 0.6) is 5.75 Å². The maximum atomic E-state index is 10.6. The summed E-state index contributed by atoms with van der Waals surface area (Å²) in [5.74, 6) is 0.953. The molecule has 0 bridgehead atoms. The first kappa shape index (κ1) is 21.2. The third-order valence-corrected chi connectivity index (χ3v) is 6.15. The molecule has 0 spiro atoms. The summed E-state index contributed by atoms with van der Waals surface area (Å²) >= 11 is 0. The first-order valence-electron chi connectivity index (χ1n) is 11.3. The molecule has 1 fully saturated rings. The number of aliphatic hydroxyl groups excluding tert-OH is 1. The Morgan fingerprint density at radius 3 is 2.63 bits per heavy atom. The van der Waals surface area contributed by atoms with Crippen LogP contribution >= 0.6 is 0 Å². The number of ether oxygens (including phenoxy) is 2. The van der Waals surface area contributed by atoms with E-state index in [2.05, 4.69) is 46.2 Å². The van der Waals surface area contributed by atoms with Crippen molar-refractivity contribution in [3.63, 3.8) is 0 Å². The number of anilines is 1. The molecule has 0 aromatic heterocycles. The smallest absolute Gasteiger partial charge is 0.142 e. The largest absolute Gasteiger partial charge is 0.492 e. The number of aryl methyl sites for hydroxylation is 1. The van der Waals surface area contributed by atoms with E-state index in [1.165, 1.54) is 16.8 Å². The number of fused-ring (bicyclic) bond motifs is 1. The van der Waals surface area contributed by atoms with Crippen molar-refractivity contribution in [1.29, 1.82) is 0 Å². The molecule has 1 aliphatic heterocycles. The maximum Gasteiger partial charge on any atom is 0.142 e. The van der Waals surface area contributed by atoms with Crippen molar-refractivity contribution in [2.24, 2.45) is 0 Å². The van der Waals surface area contributed by atoms with E-state index in [-0.39, 0.29) is 6.10 Å². The molecule has 2 aromatic carbocycles. The van der Waals surface area contributed by atoms with Crippen LogP contribution in [0, 0.1) is 0 Å². The van der Waals surface area contributed by atoms with Gasteiger partial charge < -0.3 is 19.5 Å². The van der Waals surface area contributed by atoms with Gasteiger partial charge in [0.25, 0.3) is 0 Å². The third-order valence-electron chi connectivity index (χ3n) is 6.15. The summed E-state index contributed by atoms with van der Waals surface area (Å²) in [4.78, 5) is 4.71. The number of piperazine rings is 1. The van der Waals surface area contributed by atoms with Crippen LogP contribution in [-0.2, 0) is 11.2 Å². The normalized spacial score (nSPS) is 20.6. The van der Waals surface area contributed by atoms with E-state index in [1.54, 1.807) is 0 Å². The summed E-state index contributed by atoms with van der Waals surface area (Å²) < 4.78 is 11.9. The number of hydrogen-bond donors (Lipinski definition) is 1. The second kappa shape index (κ2) is 10.3. The average Bonchev–Trinajstić information content (AvgIpc) is 2.79. The van der Waals surface area contributed by atoms with Crippen molar-refractivity contribution in [1.82, 2.24) is 4.90 Å². The van der Waals surface area contributed by atoms with Gasteiger partial charge in [-0.3, -0.25) is 4.90 Å². The monoisotopic (exact) mass is 410 g/mol. The molecule has 5 nitrogen and oxygen atoms in total. The lowest BCUT2D eigenvalue weighted by Gasteiger charge is -2.37. The van der Waals surface area contributed by atoms with Crippen molar-refractivity contribution >= 4 is 5.69 Å². The maximum absolute atomic E-state index is 10.6. The topological polar surface area (TPSA) is 45.2 Å². The molecule has 1 saturated heterocycles. The van der Waals surface area contributed by atoms with E-state index in [0.717, 1.165) is 51.2 Å². The van der Waals surface area contributed by atoms with Gasteiger partial charge in [0.1, 0.15) is 5.75 Å². The number of rotatable bonds is 8. The average molecular weight is 411 g/mol. The predicted octanol–water partition coefficient (Wildman–Crippen LogP) is 3.66. The summed E-state index contributed by atoms with van der Waals surface area (Å²) in [6.07, 6.45) is 3.00. The molecule has 162 valence electrons. The first-order valence-corrected chi connectivity index (χ1v) is 11.3. The molecule has 0 radical (unpaired) electrons. The Labute approximate surface area is 180 Å². The fourth-order valence-electron chi connectivity index (χ4n) is 4.63. The molecule has 30 heavy (non-hydrogen) atoms. The van der Waals surface area contributed by atoms with Crippen LogP contribution in [0.25, 0.3) is 0 Å². The Morgan fingerprint density at radius 2 is 1.80 bits per heavy atom. The minimum Gasteiger partial charge on any atom is -0.492 e. The molecule has 1 heterocycles. The zero-order valence-corrected chi connectivity index (χ0v) is 18.0. The van der Waals surface area contributed by atoms with Gasteiger partial charge in [-0.2, -0.15) is 0 Å². The molecule has 0 unspecified atom stereocenters. The zero-order valence-electron chi connectivity index (χ0n) is 18.0. The van der Waals surface area contributed by atoms with Gasteiger partial charge >= 0.3 is 0 Å². The van der Waals surface area contributed by atoms with Crippen LogP contribution < -0.4 is 9.64 Å². The SMILES string of the molecule is CCOc1ccccc1N1CCN(C[C@@H](O)CO[C@@H]2CCCc3ccccc32)CC1. The Hall–Kier alpha value is -2.08. The molecule has 2 aliphatic rings. The van der Waals surface area contributed by atoms with E-state index < -0.39 is 6.10 Å². The van der Waals surface area contributed by atoms with Crippen molar-refractivity contribution < 1.29 is 14.6 Å². The summed E-state index contributed by atoms with van der Waals surface area (Å²) in [5, 5.41) is 10.6. The lowest BCUT2D eigenvalue weighted by molar-refractivity contribution is -0.0285. The highest BCUT2D eigenvalue weighted by Crippen LogP contribution is 2.32. The Balaban J connectivity index is 1.24. The molecular weight excluding hydrogens is 376 g/mol. The van der Waals surface area contributed by atoms with Crippen LogP contribution in [0.4, 0.5) is 5.69 Å². The lowest BCUT2D eigenvalue weighted by atomic mass is 9.89. The van der Waals surface area contributed by atoms with Crippen molar-refractivity contribution in [2.75, 3.05) is 50.8 Å². The summed E-state index contributed by atoms with van der Waals surface area (Å²) in [6.45, 7) is 7.50. The second-order valence-corrected chi connectivity index (χ2v) is 8.26. The van der Waals surface area contributed by atoms with Crippen molar-refractivity contribution in [3.05, 3.63) is 59.7 Å². The Bertz CT molecular complexity index is 804. The highest BCUT2D eigenvalue weighted by molar-refractivity contribution is 5.58. The first-order chi connectivity index (χ1) is 14.7. The number of nitrogens with zero attached hydrogens (tertiary/aromatic N) is 2. The van der Waals surface area contributed by atoms with Crippen LogP contribution in [0.1, 0.15) is 37.0 Å². The van der Waals surface area contributed by atoms with E-state index in [1.807, 2.05) is 19.1 Å². The van der Waals surface area contributed by atoms with E-state index in [4.69, 9.17) is 9.47 Å². The number of aliphatic hydroxyl groups is 1. The standard InChI is InChI=1S/C25H34N2O3/c1-2-29-25-12-6-5-11-23(25)27-16-14-26(15-17-27)18-21(28)19-30-24-13-7-9-20-8-3-4-10-22(20)24/h3-6,8,10-12,21,24,28H,2,7,9,13-19H2,1H3/t21-,24-/m1/s1. The number of benzene rings is 2. The second-order valence-electron chi connectivity index (χ2n) is 8.26. The summed E-state index contributed by atoms with van der Waals surface area (Å²) in [5.41, 5.74) is 3.86. The highest BCUT2D eigenvalue weighted by atomic mass is 16.5. The van der Waals surface area contributed by atoms with E-state index in [9.17, 15) is 5.11 Å². The van der Waals surface area contributed by atoms with Crippen LogP contribution in [0.3, 0.4) is 0 Å². The fraction of sp³-hybridized carbons (Fsp3) is 0.520. The zero-order chi connectivity index (χ0) is 20.8. The van der Waals surface area contributed by atoms with Gasteiger partial charge in [-0.1, -0.05) is 36.4 Å². The van der Waals surface area contributed by atoms with Crippen molar-refractivity contribution in [2.45, 2.75) is 38.4 Å². The minimum absolute atomic E-state index is 0.122. The molecule has 2 atom stereocenters. The molecular formula is C25H34N2O3. The molecule has 2 aromatic rings. The molecule has 1 N–H and O–H groups in total. The highest BCUT2D eigenvalue weighted by Gasteiger charge is 2.24. The van der Waals surface area contributed by atoms with Gasteiger partial charge in [-0.15, -0.1) is 0 Å².